The number of hydrogen-bond acceptors (Lipinski definition) is 7. The van der Waals surface area contributed by atoms with E-state index < -0.39 is 0 Å². The van der Waals surface area contributed by atoms with Crippen LogP contribution in [0.5, 0.6) is 11.5 Å². The predicted molar refractivity (Wildman–Crippen MR) is 163 cm³/mol. The number of nitrogens with zero attached hydrogens (tertiary/aromatic N) is 2. The molecule has 8 nitrogen and oxygen atoms in total. The largest absolute Gasteiger partial charge is 0.489 e. The second-order valence-electron chi connectivity index (χ2n) is 8.77. The Hall–Kier alpha value is -4.89. The molecule has 0 aliphatic heterocycles. The van der Waals surface area contributed by atoms with Crippen LogP contribution in [0.3, 0.4) is 0 Å². The first-order valence-corrected chi connectivity index (χ1v) is 14.0. The van der Waals surface area contributed by atoms with E-state index in [0.717, 1.165) is 34.0 Å². The monoisotopic (exact) mass is 566 g/mol. The average molecular weight is 567 g/mol. The highest BCUT2D eigenvalue weighted by atomic mass is 32.2. The standard InChI is InChI=1S/C32H30N4O4S/c37-31(35-33-19-27-13-7-15-29(17-27)39-21-25-9-3-1-4-10-25)23-41-24-32(38)36-34-20-28-14-8-16-30(18-28)40-22-26-11-5-2-6-12-26/h1-20H,21-24H2,(H,35,37)(H,36,38)/b33-19+,34-20+. The first-order valence-electron chi connectivity index (χ1n) is 12.9. The van der Waals surface area contributed by atoms with Gasteiger partial charge < -0.3 is 9.47 Å². The number of ether oxygens (including phenoxy) is 2. The van der Waals surface area contributed by atoms with Crippen LogP contribution >= 0.6 is 11.8 Å². The molecule has 2 N–H and O–H groups in total. The number of carbonyl (C=O) groups is 2. The molecule has 9 heteroatoms. The number of carbonyl (C=O) groups excluding carboxylic acids is 2. The molecule has 0 aromatic heterocycles. The summed E-state index contributed by atoms with van der Waals surface area (Å²) >= 11 is 1.16. The minimum atomic E-state index is -0.314. The van der Waals surface area contributed by atoms with Crippen molar-refractivity contribution in [2.75, 3.05) is 11.5 Å². The van der Waals surface area contributed by atoms with E-state index in [9.17, 15) is 9.59 Å². The summed E-state index contributed by atoms with van der Waals surface area (Å²) < 4.78 is 11.6. The molecule has 0 spiro atoms. The molecule has 0 unspecified atom stereocenters. The van der Waals surface area contributed by atoms with Crippen LogP contribution in [0.4, 0.5) is 0 Å². The molecule has 0 fully saturated rings. The number of hydrazone groups is 2. The molecule has 0 radical (unpaired) electrons. The molecule has 0 aliphatic carbocycles. The second-order valence-corrected chi connectivity index (χ2v) is 9.76. The van der Waals surface area contributed by atoms with Gasteiger partial charge in [0.25, 0.3) is 0 Å². The molecular formula is C32H30N4O4S. The van der Waals surface area contributed by atoms with Gasteiger partial charge in [0.05, 0.1) is 23.9 Å². The molecule has 4 aromatic rings. The van der Waals surface area contributed by atoms with E-state index >= 15 is 0 Å². The Morgan fingerprint density at radius 2 is 1.05 bits per heavy atom. The molecule has 0 saturated heterocycles. The molecule has 4 aromatic carbocycles. The van der Waals surface area contributed by atoms with Gasteiger partial charge in [0.1, 0.15) is 24.7 Å². The van der Waals surface area contributed by atoms with E-state index in [1.54, 1.807) is 12.4 Å². The van der Waals surface area contributed by atoms with Gasteiger partial charge in [-0.25, -0.2) is 10.9 Å². The van der Waals surface area contributed by atoms with Crippen molar-refractivity contribution < 1.29 is 19.1 Å². The molecule has 208 valence electrons. The maximum atomic E-state index is 12.1. The smallest absolute Gasteiger partial charge is 0.250 e. The summed E-state index contributed by atoms with van der Waals surface area (Å²) in [5.41, 5.74) is 8.66. The lowest BCUT2D eigenvalue weighted by molar-refractivity contribution is -0.118. The SMILES string of the molecule is O=C(CSCC(=O)N/N=C/c1cccc(OCc2ccccc2)c1)N/N=C/c1cccc(OCc2ccccc2)c1. The summed E-state index contributed by atoms with van der Waals surface area (Å²) in [7, 11) is 0. The lowest BCUT2D eigenvalue weighted by atomic mass is 10.2. The van der Waals surface area contributed by atoms with E-state index in [-0.39, 0.29) is 23.3 Å². The highest BCUT2D eigenvalue weighted by molar-refractivity contribution is 8.00. The van der Waals surface area contributed by atoms with Gasteiger partial charge in [0.15, 0.2) is 0 Å². The van der Waals surface area contributed by atoms with Gasteiger partial charge in [-0.1, -0.05) is 84.9 Å². The minimum Gasteiger partial charge on any atom is -0.489 e. The third-order valence-corrected chi connectivity index (χ3v) is 6.42. The first kappa shape index (κ1) is 29.1. The second kappa shape index (κ2) is 16.3. The van der Waals surface area contributed by atoms with Gasteiger partial charge in [-0.3, -0.25) is 9.59 Å². The Balaban J connectivity index is 1.11. The average Bonchev–Trinajstić information content (AvgIpc) is 3.00. The van der Waals surface area contributed by atoms with Crippen molar-refractivity contribution >= 4 is 36.0 Å². The Morgan fingerprint density at radius 1 is 0.610 bits per heavy atom. The van der Waals surface area contributed by atoms with Crippen LogP contribution in [0.1, 0.15) is 22.3 Å². The van der Waals surface area contributed by atoms with Crippen molar-refractivity contribution in [2.24, 2.45) is 10.2 Å². The van der Waals surface area contributed by atoms with E-state index in [0.29, 0.717) is 24.7 Å². The van der Waals surface area contributed by atoms with Gasteiger partial charge in [0.2, 0.25) is 11.8 Å². The lowest BCUT2D eigenvalue weighted by Gasteiger charge is -2.07. The van der Waals surface area contributed by atoms with Crippen molar-refractivity contribution in [2.45, 2.75) is 13.2 Å². The minimum absolute atomic E-state index is 0.0789. The van der Waals surface area contributed by atoms with Crippen molar-refractivity contribution in [3.05, 3.63) is 131 Å². The number of nitrogens with one attached hydrogen (secondary N) is 2. The molecule has 0 atom stereocenters. The summed E-state index contributed by atoms with van der Waals surface area (Å²) in [6.45, 7) is 0.928. The van der Waals surface area contributed by atoms with Crippen molar-refractivity contribution in [3.8, 4) is 11.5 Å². The molecular weight excluding hydrogens is 536 g/mol. The molecule has 0 bridgehead atoms. The van der Waals surface area contributed by atoms with E-state index in [2.05, 4.69) is 21.1 Å². The van der Waals surface area contributed by atoms with Crippen LogP contribution in [-0.4, -0.2) is 35.7 Å². The van der Waals surface area contributed by atoms with Crippen molar-refractivity contribution in [3.63, 3.8) is 0 Å². The van der Waals surface area contributed by atoms with Crippen molar-refractivity contribution in [1.82, 2.24) is 10.9 Å². The van der Waals surface area contributed by atoms with Gasteiger partial charge in [-0.15, -0.1) is 11.8 Å². The Morgan fingerprint density at radius 3 is 1.49 bits per heavy atom. The molecule has 2 amide bonds. The van der Waals surface area contributed by atoms with Crippen LogP contribution < -0.4 is 20.3 Å². The summed E-state index contributed by atoms with van der Waals surface area (Å²) in [4.78, 5) is 24.1. The van der Waals surface area contributed by atoms with Gasteiger partial charge in [0, 0.05) is 0 Å². The fraction of sp³-hybridized carbons (Fsp3) is 0.125. The zero-order valence-corrected chi connectivity index (χ0v) is 23.1. The molecule has 0 aliphatic rings. The Kier molecular flexibility index (Phi) is 11.5. The van der Waals surface area contributed by atoms with E-state index in [4.69, 9.17) is 9.47 Å². The Labute approximate surface area is 243 Å². The number of thioether (sulfide) groups is 1. The normalized spacial score (nSPS) is 10.9. The molecule has 0 heterocycles. The van der Waals surface area contributed by atoms with Gasteiger partial charge in [-0.2, -0.15) is 10.2 Å². The van der Waals surface area contributed by atoms with Crippen LogP contribution in [0.2, 0.25) is 0 Å². The van der Waals surface area contributed by atoms with Crippen LogP contribution in [0.25, 0.3) is 0 Å². The predicted octanol–water partition coefficient (Wildman–Crippen LogP) is 5.18. The maximum Gasteiger partial charge on any atom is 0.250 e. The molecule has 0 saturated carbocycles. The molecule has 41 heavy (non-hydrogen) atoms. The quantitative estimate of drug-likeness (QED) is 0.162. The number of amides is 2. The summed E-state index contributed by atoms with van der Waals surface area (Å²) in [6, 6.07) is 34.6. The van der Waals surface area contributed by atoms with E-state index in [1.165, 1.54) is 0 Å². The topological polar surface area (TPSA) is 101 Å². The number of hydrogen-bond donors (Lipinski definition) is 2. The maximum absolute atomic E-state index is 12.1. The Bertz CT molecular complexity index is 1350. The van der Waals surface area contributed by atoms with Gasteiger partial charge >= 0.3 is 0 Å². The summed E-state index contributed by atoms with van der Waals surface area (Å²) in [5.74, 6) is 0.943. The van der Waals surface area contributed by atoms with Crippen LogP contribution in [-0.2, 0) is 22.8 Å². The number of benzene rings is 4. The fourth-order valence-electron chi connectivity index (χ4n) is 3.51. The third-order valence-electron chi connectivity index (χ3n) is 5.48. The zero-order valence-electron chi connectivity index (χ0n) is 22.3. The third kappa shape index (κ3) is 11.0. The first-order chi connectivity index (χ1) is 20.1. The fourth-order valence-corrected chi connectivity index (χ4v) is 4.11. The van der Waals surface area contributed by atoms with E-state index in [1.807, 2.05) is 109 Å². The van der Waals surface area contributed by atoms with Crippen LogP contribution in [0, 0.1) is 0 Å². The summed E-state index contributed by atoms with van der Waals surface area (Å²) in [5, 5.41) is 7.98. The highest BCUT2D eigenvalue weighted by Gasteiger charge is 2.05. The van der Waals surface area contributed by atoms with Crippen molar-refractivity contribution in [1.29, 1.82) is 0 Å². The van der Waals surface area contributed by atoms with Crippen LogP contribution in [0.15, 0.2) is 119 Å². The molecule has 4 rings (SSSR count). The summed E-state index contributed by atoms with van der Waals surface area (Å²) in [6.07, 6.45) is 3.09. The van der Waals surface area contributed by atoms with Gasteiger partial charge in [-0.05, 0) is 46.5 Å². The lowest BCUT2D eigenvalue weighted by Crippen LogP contribution is -2.23. The highest BCUT2D eigenvalue weighted by Crippen LogP contribution is 2.15. The zero-order chi connectivity index (χ0) is 28.5. The number of rotatable bonds is 14.